The third-order valence-electron chi connectivity index (χ3n) is 3.62. The quantitative estimate of drug-likeness (QED) is 0.837. The number of hydrogen-bond donors (Lipinski definition) is 1. The molecular weight excluding hydrogens is 308 g/mol. The van der Waals surface area contributed by atoms with Crippen molar-refractivity contribution in [1.82, 2.24) is 10.2 Å². The number of carbonyl (C=O) groups is 2. The van der Waals surface area contributed by atoms with Gasteiger partial charge in [0.15, 0.2) is 0 Å². The molecule has 1 aliphatic rings. The van der Waals surface area contributed by atoms with E-state index in [0.717, 1.165) is 5.56 Å². The number of amides is 1. The van der Waals surface area contributed by atoms with Crippen LogP contribution in [0.2, 0.25) is 0 Å². The van der Waals surface area contributed by atoms with Crippen molar-refractivity contribution in [1.29, 1.82) is 0 Å². The van der Waals surface area contributed by atoms with Gasteiger partial charge < -0.3 is 14.4 Å². The van der Waals surface area contributed by atoms with Gasteiger partial charge in [-0.25, -0.2) is 4.79 Å². The molecule has 1 aromatic carbocycles. The predicted octanol–water partition coefficient (Wildman–Crippen LogP) is 2.33. The molecular formula is C18H26N2O4. The molecule has 0 aliphatic carbocycles. The molecule has 132 valence electrons. The maximum absolute atomic E-state index is 12.0. The molecule has 0 atom stereocenters. The third-order valence-corrected chi connectivity index (χ3v) is 3.62. The molecule has 1 amide bonds. The Morgan fingerprint density at radius 3 is 2.42 bits per heavy atom. The van der Waals surface area contributed by atoms with Crippen molar-refractivity contribution in [2.24, 2.45) is 0 Å². The molecule has 1 saturated heterocycles. The standard InChI is InChI=1S/C18H26N2O4/c1-17(2,3)24-15(21)10-19-18(4)12-20(13-18)16(22)23-11-14-8-6-5-7-9-14/h5-9,19H,10-13H2,1-4H3. The topological polar surface area (TPSA) is 67.9 Å². The minimum atomic E-state index is -0.493. The predicted molar refractivity (Wildman–Crippen MR) is 90.5 cm³/mol. The van der Waals surface area contributed by atoms with Crippen molar-refractivity contribution in [2.45, 2.75) is 45.4 Å². The van der Waals surface area contributed by atoms with Crippen LogP contribution in [-0.4, -0.2) is 47.7 Å². The van der Waals surface area contributed by atoms with Crippen LogP contribution in [0.1, 0.15) is 33.3 Å². The molecule has 1 aliphatic heterocycles. The number of rotatable bonds is 5. The van der Waals surface area contributed by atoms with Gasteiger partial charge in [0.25, 0.3) is 0 Å². The van der Waals surface area contributed by atoms with Crippen LogP contribution in [0.5, 0.6) is 0 Å². The maximum Gasteiger partial charge on any atom is 0.410 e. The number of esters is 1. The van der Waals surface area contributed by atoms with Gasteiger partial charge in [0.2, 0.25) is 0 Å². The number of nitrogens with one attached hydrogen (secondary N) is 1. The highest BCUT2D eigenvalue weighted by Crippen LogP contribution is 2.21. The summed E-state index contributed by atoms with van der Waals surface area (Å²) in [7, 11) is 0. The van der Waals surface area contributed by atoms with Gasteiger partial charge in [0.05, 0.1) is 12.1 Å². The Hall–Kier alpha value is -2.08. The maximum atomic E-state index is 12.0. The van der Waals surface area contributed by atoms with Crippen LogP contribution >= 0.6 is 0 Å². The summed E-state index contributed by atoms with van der Waals surface area (Å²) in [5, 5.41) is 3.15. The zero-order chi connectivity index (χ0) is 17.8. The van der Waals surface area contributed by atoms with Crippen LogP contribution in [-0.2, 0) is 20.9 Å². The molecule has 1 fully saturated rings. The molecule has 0 spiro atoms. The van der Waals surface area contributed by atoms with Gasteiger partial charge in [-0.1, -0.05) is 30.3 Å². The lowest BCUT2D eigenvalue weighted by atomic mass is 9.93. The minimum Gasteiger partial charge on any atom is -0.459 e. The fourth-order valence-corrected chi connectivity index (χ4v) is 2.51. The largest absolute Gasteiger partial charge is 0.459 e. The lowest BCUT2D eigenvalue weighted by Crippen LogP contribution is -2.69. The second kappa shape index (κ2) is 7.21. The van der Waals surface area contributed by atoms with E-state index < -0.39 is 5.60 Å². The Kier molecular flexibility index (Phi) is 5.49. The van der Waals surface area contributed by atoms with Crippen molar-refractivity contribution in [2.75, 3.05) is 19.6 Å². The summed E-state index contributed by atoms with van der Waals surface area (Å²) < 4.78 is 10.5. The molecule has 6 heteroatoms. The van der Waals surface area contributed by atoms with E-state index in [4.69, 9.17) is 9.47 Å². The SMILES string of the molecule is CC1(NCC(=O)OC(C)(C)C)CN(C(=O)OCc2ccccc2)C1. The summed E-state index contributed by atoms with van der Waals surface area (Å²) in [6, 6.07) is 9.56. The third kappa shape index (κ3) is 5.53. The zero-order valence-corrected chi connectivity index (χ0v) is 14.8. The van der Waals surface area contributed by atoms with E-state index in [0.29, 0.717) is 13.1 Å². The molecule has 1 aromatic rings. The van der Waals surface area contributed by atoms with Gasteiger partial charge in [-0.3, -0.25) is 10.1 Å². The number of carbonyl (C=O) groups excluding carboxylic acids is 2. The lowest BCUT2D eigenvalue weighted by Gasteiger charge is -2.47. The van der Waals surface area contributed by atoms with Gasteiger partial charge in [0, 0.05) is 13.1 Å². The van der Waals surface area contributed by atoms with E-state index in [1.54, 1.807) is 4.90 Å². The van der Waals surface area contributed by atoms with Gasteiger partial charge in [-0.05, 0) is 33.3 Å². The van der Waals surface area contributed by atoms with Crippen molar-refractivity contribution >= 4 is 12.1 Å². The van der Waals surface area contributed by atoms with E-state index in [9.17, 15) is 9.59 Å². The Balaban J connectivity index is 1.69. The first-order valence-corrected chi connectivity index (χ1v) is 8.09. The summed E-state index contributed by atoms with van der Waals surface area (Å²) in [5.41, 5.74) is 0.173. The Labute approximate surface area is 143 Å². The normalized spacial score (nSPS) is 16.2. The first-order valence-electron chi connectivity index (χ1n) is 8.09. The zero-order valence-electron chi connectivity index (χ0n) is 14.8. The van der Waals surface area contributed by atoms with E-state index >= 15 is 0 Å². The average Bonchev–Trinajstić information content (AvgIpc) is 2.47. The van der Waals surface area contributed by atoms with Crippen molar-refractivity contribution in [3.63, 3.8) is 0 Å². The van der Waals surface area contributed by atoms with Crippen LogP contribution in [0.3, 0.4) is 0 Å². The number of nitrogens with zero attached hydrogens (tertiary/aromatic N) is 1. The van der Waals surface area contributed by atoms with Crippen molar-refractivity contribution < 1.29 is 19.1 Å². The number of likely N-dealkylation sites (tertiary alicyclic amines) is 1. The summed E-state index contributed by atoms with van der Waals surface area (Å²) in [6.45, 7) is 8.87. The van der Waals surface area contributed by atoms with E-state index in [1.165, 1.54) is 0 Å². The fraction of sp³-hybridized carbons (Fsp3) is 0.556. The Bertz CT molecular complexity index is 574. The number of benzene rings is 1. The summed E-state index contributed by atoms with van der Waals surface area (Å²) in [4.78, 5) is 25.3. The second-order valence-corrected chi connectivity index (χ2v) is 7.40. The minimum absolute atomic E-state index is 0.126. The van der Waals surface area contributed by atoms with Gasteiger partial charge >= 0.3 is 12.1 Å². The van der Waals surface area contributed by atoms with E-state index in [2.05, 4.69) is 5.32 Å². The molecule has 24 heavy (non-hydrogen) atoms. The van der Waals surface area contributed by atoms with Crippen LogP contribution in [0, 0.1) is 0 Å². The molecule has 2 rings (SSSR count). The van der Waals surface area contributed by atoms with Crippen molar-refractivity contribution in [3.05, 3.63) is 35.9 Å². The van der Waals surface area contributed by atoms with Crippen LogP contribution < -0.4 is 5.32 Å². The van der Waals surface area contributed by atoms with E-state index in [-0.39, 0.29) is 30.8 Å². The molecule has 0 bridgehead atoms. The lowest BCUT2D eigenvalue weighted by molar-refractivity contribution is -0.154. The number of ether oxygens (including phenoxy) is 2. The Morgan fingerprint density at radius 2 is 1.83 bits per heavy atom. The molecule has 0 unspecified atom stereocenters. The molecule has 1 N–H and O–H groups in total. The Morgan fingerprint density at radius 1 is 1.21 bits per heavy atom. The second-order valence-electron chi connectivity index (χ2n) is 7.40. The molecule has 0 radical (unpaired) electrons. The van der Waals surface area contributed by atoms with E-state index in [1.807, 2.05) is 58.0 Å². The smallest absolute Gasteiger partial charge is 0.410 e. The van der Waals surface area contributed by atoms with Gasteiger partial charge in [-0.15, -0.1) is 0 Å². The van der Waals surface area contributed by atoms with Crippen LogP contribution in [0.25, 0.3) is 0 Å². The highest BCUT2D eigenvalue weighted by Gasteiger charge is 2.42. The summed E-state index contributed by atoms with van der Waals surface area (Å²) >= 11 is 0. The first-order chi connectivity index (χ1) is 11.2. The summed E-state index contributed by atoms with van der Waals surface area (Å²) in [6.07, 6.45) is -0.338. The number of hydrogen-bond acceptors (Lipinski definition) is 5. The van der Waals surface area contributed by atoms with Gasteiger partial charge in [0.1, 0.15) is 12.2 Å². The highest BCUT2D eigenvalue weighted by atomic mass is 16.6. The average molecular weight is 334 g/mol. The van der Waals surface area contributed by atoms with Crippen LogP contribution in [0.15, 0.2) is 30.3 Å². The monoisotopic (exact) mass is 334 g/mol. The summed E-state index contributed by atoms with van der Waals surface area (Å²) in [5.74, 6) is -0.297. The fourth-order valence-electron chi connectivity index (χ4n) is 2.51. The molecule has 0 aromatic heterocycles. The molecule has 6 nitrogen and oxygen atoms in total. The van der Waals surface area contributed by atoms with Crippen LogP contribution in [0.4, 0.5) is 4.79 Å². The highest BCUT2D eigenvalue weighted by molar-refractivity contribution is 5.72. The first kappa shape index (κ1) is 18.3. The molecule has 1 heterocycles. The molecule has 0 saturated carbocycles. The van der Waals surface area contributed by atoms with Gasteiger partial charge in [-0.2, -0.15) is 0 Å². The van der Waals surface area contributed by atoms with Crippen molar-refractivity contribution in [3.8, 4) is 0 Å².